The standard InChI is InChI=1S/C13H17N3O/c1-9(13(2,3)17)15-12-8-14-10-6-4-5-7-11(10)16-12/h4-9,17H,1-3H3,(H,15,16)/t9-/m1/s1. The first-order valence-corrected chi connectivity index (χ1v) is 5.67. The van der Waals surface area contributed by atoms with Crippen LogP contribution in [0.1, 0.15) is 20.8 Å². The molecule has 1 aromatic carbocycles. The molecule has 0 saturated carbocycles. The lowest BCUT2D eigenvalue weighted by Gasteiger charge is -2.27. The van der Waals surface area contributed by atoms with E-state index in [1.807, 2.05) is 31.2 Å². The number of fused-ring (bicyclic) bond motifs is 1. The van der Waals surface area contributed by atoms with Crippen LogP contribution in [0.3, 0.4) is 0 Å². The Morgan fingerprint density at radius 1 is 1.24 bits per heavy atom. The summed E-state index contributed by atoms with van der Waals surface area (Å²) in [6, 6.07) is 7.61. The molecule has 90 valence electrons. The number of nitrogens with one attached hydrogen (secondary N) is 1. The van der Waals surface area contributed by atoms with Gasteiger partial charge in [-0.15, -0.1) is 0 Å². The smallest absolute Gasteiger partial charge is 0.145 e. The monoisotopic (exact) mass is 231 g/mol. The summed E-state index contributed by atoms with van der Waals surface area (Å²) in [5, 5.41) is 13.0. The molecule has 1 heterocycles. The first-order chi connectivity index (χ1) is 7.97. The Labute approximate surface area is 101 Å². The van der Waals surface area contributed by atoms with Gasteiger partial charge in [-0.3, -0.25) is 4.98 Å². The summed E-state index contributed by atoms with van der Waals surface area (Å²) < 4.78 is 0. The zero-order valence-electron chi connectivity index (χ0n) is 10.3. The molecule has 1 atom stereocenters. The maximum atomic E-state index is 9.85. The van der Waals surface area contributed by atoms with Crippen molar-refractivity contribution < 1.29 is 5.11 Å². The van der Waals surface area contributed by atoms with Crippen molar-refractivity contribution in [3.05, 3.63) is 30.5 Å². The molecule has 4 heteroatoms. The van der Waals surface area contributed by atoms with Crippen LogP contribution in [-0.2, 0) is 0 Å². The molecule has 0 aliphatic carbocycles. The van der Waals surface area contributed by atoms with Crippen LogP contribution in [0.2, 0.25) is 0 Å². The third kappa shape index (κ3) is 2.71. The van der Waals surface area contributed by atoms with Crippen molar-refractivity contribution in [3.8, 4) is 0 Å². The summed E-state index contributed by atoms with van der Waals surface area (Å²) in [5.41, 5.74) is 0.919. The van der Waals surface area contributed by atoms with E-state index in [1.165, 1.54) is 0 Å². The maximum absolute atomic E-state index is 9.85. The molecule has 2 aromatic rings. The van der Waals surface area contributed by atoms with Gasteiger partial charge in [-0.05, 0) is 32.9 Å². The maximum Gasteiger partial charge on any atom is 0.145 e. The molecule has 0 radical (unpaired) electrons. The van der Waals surface area contributed by atoms with E-state index in [0.29, 0.717) is 5.82 Å². The number of anilines is 1. The minimum absolute atomic E-state index is 0.0991. The molecule has 4 nitrogen and oxygen atoms in total. The zero-order chi connectivity index (χ0) is 12.5. The normalized spacial score (nSPS) is 13.6. The summed E-state index contributed by atoms with van der Waals surface area (Å²) in [6.45, 7) is 5.44. The van der Waals surface area contributed by atoms with Gasteiger partial charge in [0.15, 0.2) is 0 Å². The molecule has 0 bridgehead atoms. The van der Waals surface area contributed by atoms with Crippen LogP contribution in [0.25, 0.3) is 11.0 Å². The Balaban J connectivity index is 2.25. The second-order valence-corrected chi connectivity index (χ2v) is 4.76. The van der Waals surface area contributed by atoms with Gasteiger partial charge < -0.3 is 10.4 Å². The van der Waals surface area contributed by atoms with E-state index in [-0.39, 0.29) is 6.04 Å². The quantitative estimate of drug-likeness (QED) is 0.850. The highest BCUT2D eigenvalue weighted by Gasteiger charge is 2.22. The van der Waals surface area contributed by atoms with Crippen LogP contribution in [0.4, 0.5) is 5.82 Å². The van der Waals surface area contributed by atoms with Crippen molar-refractivity contribution in [1.29, 1.82) is 0 Å². The molecular formula is C13H17N3O. The Hall–Kier alpha value is -1.68. The molecule has 0 unspecified atom stereocenters. The molecule has 0 fully saturated rings. The van der Waals surface area contributed by atoms with Crippen molar-refractivity contribution >= 4 is 16.9 Å². The van der Waals surface area contributed by atoms with Crippen LogP contribution in [0, 0.1) is 0 Å². The van der Waals surface area contributed by atoms with Gasteiger partial charge in [-0.25, -0.2) is 4.98 Å². The van der Waals surface area contributed by atoms with E-state index >= 15 is 0 Å². The fraction of sp³-hybridized carbons (Fsp3) is 0.385. The van der Waals surface area contributed by atoms with Gasteiger partial charge in [0.1, 0.15) is 5.82 Å². The van der Waals surface area contributed by atoms with Crippen molar-refractivity contribution in [3.63, 3.8) is 0 Å². The summed E-state index contributed by atoms with van der Waals surface area (Å²) in [5.74, 6) is 0.679. The molecule has 2 rings (SSSR count). The van der Waals surface area contributed by atoms with E-state index in [9.17, 15) is 5.11 Å². The fourth-order valence-electron chi connectivity index (χ4n) is 1.43. The van der Waals surface area contributed by atoms with Gasteiger partial charge in [0.05, 0.1) is 28.9 Å². The van der Waals surface area contributed by atoms with Gasteiger partial charge in [-0.2, -0.15) is 0 Å². The molecule has 0 saturated heterocycles. The Bertz CT molecular complexity index is 519. The Morgan fingerprint density at radius 3 is 2.53 bits per heavy atom. The Kier molecular flexibility index (Phi) is 2.98. The molecule has 2 N–H and O–H groups in total. The average molecular weight is 231 g/mol. The molecule has 17 heavy (non-hydrogen) atoms. The van der Waals surface area contributed by atoms with E-state index in [4.69, 9.17) is 0 Å². The lowest BCUT2D eigenvalue weighted by Crippen LogP contribution is -2.39. The third-order valence-electron chi connectivity index (χ3n) is 2.87. The summed E-state index contributed by atoms with van der Waals surface area (Å²) in [6.07, 6.45) is 1.69. The molecule has 0 amide bonds. The predicted molar refractivity (Wildman–Crippen MR) is 68.9 cm³/mol. The summed E-state index contributed by atoms with van der Waals surface area (Å²) in [4.78, 5) is 8.75. The highest BCUT2D eigenvalue weighted by Crippen LogP contribution is 2.16. The van der Waals surface area contributed by atoms with Crippen molar-refractivity contribution in [2.45, 2.75) is 32.4 Å². The number of para-hydroxylation sites is 2. The predicted octanol–water partition coefficient (Wildman–Crippen LogP) is 2.20. The summed E-state index contributed by atoms with van der Waals surface area (Å²) in [7, 11) is 0. The lowest BCUT2D eigenvalue weighted by atomic mass is 10.0. The number of aliphatic hydroxyl groups is 1. The minimum atomic E-state index is -0.798. The van der Waals surface area contributed by atoms with Gasteiger partial charge in [-0.1, -0.05) is 12.1 Å². The van der Waals surface area contributed by atoms with Gasteiger partial charge >= 0.3 is 0 Å². The molecule has 1 aromatic heterocycles. The van der Waals surface area contributed by atoms with Crippen molar-refractivity contribution in [2.75, 3.05) is 5.32 Å². The van der Waals surface area contributed by atoms with E-state index in [1.54, 1.807) is 20.0 Å². The zero-order valence-corrected chi connectivity index (χ0v) is 10.3. The van der Waals surface area contributed by atoms with Gasteiger partial charge in [0.2, 0.25) is 0 Å². The molecule has 0 spiro atoms. The minimum Gasteiger partial charge on any atom is -0.388 e. The van der Waals surface area contributed by atoms with Crippen LogP contribution in [0.15, 0.2) is 30.5 Å². The number of aromatic nitrogens is 2. The average Bonchev–Trinajstić information content (AvgIpc) is 2.27. The topological polar surface area (TPSA) is 58.0 Å². The highest BCUT2D eigenvalue weighted by atomic mass is 16.3. The number of benzene rings is 1. The van der Waals surface area contributed by atoms with Crippen LogP contribution >= 0.6 is 0 Å². The van der Waals surface area contributed by atoms with Gasteiger partial charge in [0, 0.05) is 0 Å². The number of rotatable bonds is 3. The number of hydrogen-bond donors (Lipinski definition) is 2. The Morgan fingerprint density at radius 2 is 1.88 bits per heavy atom. The molecule has 0 aliphatic rings. The largest absolute Gasteiger partial charge is 0.388 e. The third-order valence-corrected chi connectivity index (χ3v) is 2.87. The first kappa shape index (κ1) is 11.8. The van der Waals surface area contributed by atoms with E-state index < -0.39 is 5.60 Å². The molecule has 0 aliphatic heterocycles. The molecular weight excluding hydrogens is 214 g/mol. The van der Waals surface area contributed by atoms with Crippen molar-refractivity contribution in [1.82, 2.24) is 9.97 Å². The lowest BCUT2D eigenvalue weighted by molar-refractivity contribution is 0.0648. The van der Waals surface area contributed by atoms with Crippen molar-refractivity contribution in [2.24, 2.45) is 0 Å². The summed E-state index contributed by atoms with van der Waals surface area (Å²) >= 11 is 0. The fourth-order valence-corrected chi connectivity index (χ4v) is 1.43. The van der Waals surface area contributed by atoms with E-state index in [2.05, 4.69) is 15.3 Å². The van der Waals surface area contributed by atoms with Crippen LogP contribution in [0.5, 0.6) is 0 Å². The van der Waals surface area contributed by atoms with Crippen LogP contribution < -0.4 is 5.32 Å². The van der Waals surface area contributed by atoms with Crippen LogP contribution in [-0.4, -0.2) is 26.7 Å². The van der Waals surface area contributed by atoms with E-state index in [0.717, 1.165) is 11.0 Å². The number of nitrogens with zero attached hydrogens (tertiary/aromatic N) is 2. The van der Waals surface area contributed by atoms with Gasteiger partial charge in [0.25, 0.3) is 0 Å². The second-order valence-electron chi connectivity index (χ2n) is 4.76. The first-order valence-electron chi connectivity index (χ1n) is 5.67. The second kappa shape index (κ2) is 4.30. The highest BCUT2D eigenvalue weighted by molar-refractivity contribution is 5.75. The SMILES string of the molecule is C[C@@H](Nc1cnc2ccccc2n1)C(C)(C)O. The number of hydrogen-bond acceptors (Lipinski definition) is 4.